The molecule has 0 spiro atoms. The molecular weight excluding hydrogens is 193 g/mol. The van der Waals surface area contributed by atoms with Crippen molar-refractivity contribution in [1.29, 1.82) is 0 Å². The monoisotopic (exact) mass is 209 g/mol. The molecule has 0 amide bonds. The molecule has 0 unspecified atom stereocenters. The third-order valence-electron chi connectivity index (χ3n) is 2.58. The van der Waals surface area contributed by atoms with Crippen molar-refractivity contribution in [2.45, 2.75) is 27.7 Å². The quantitative estimate of drug-likeness (QED) is 0.648. The summed E-state index contributed by atoms with van der Waals surface area (Å²) in [7, 11) is -0.315. The Morgan fingerprint density at radius 3 is 2.27 bits per heavy atom. The summed E-state index contributed by atoms with van der Waals surface area (Å²) in [5.41, 5.74) is 1.87. The molecule has 2 heterocycles. The molecule has 1 aliphatic rings. The summed E-state index contributed by atoms with van der Waals surface area (Å²) in [6.07, 6.45) is 0. The number of hydrogen-bond donors (Lipinski definition) is 0. The highest BCUT2D eigenvalue weighted by Gasteiger charge is 2.36. The van der Waals surface area contributed by atoms with Gasteiger partial charge in [-0.05, 0) is 13.8 Å². The van der Waals surface area contributed by atoms with Gasteiger partial charge in [-0.15, -0.1) is 0 Å². The van der Waals surface area contributed by atoms with Crippen LogP contribution in [0.25, 0.3) is 0 Å². The number of aryl methyl sites for hydroxylation is 2. The molecule has 0 aromatic carbocycles. The lowest BCUT2D eigenvalue weighted by molar-refractivity contribution is 0.0341. The van der Waals surface area contributed by atoms with Crippen LogP contribution >= 0.6 is 0 Å². The second-order valence-electron chi connectivity index (χ2n) is 4.86. The zero-order chi connectivity index (χ0) is 11.1. The molecule has 15 heavy (non-hydrogen) atoms. The van der Waals surface area contributed by atoms with Gasteiger partial charge in [0.2, 0.25) is 0 Å². The van der Waals surface area contributed by atoms with Crippen molar-refractivity contribution in [2.24, 2.45) is 5.41 Å². The van der Waals surface area contributed by atoms with Crippen LogP contribution in [-0.2, 0) is 9.31 Å². The first kappa shape index (κ1) is 10.7. The van der Waals surface area contributed by atoms with Gasteiger partial charge in [0, 0.05) is 24.1 Å². The highest BCUT2D eigenvalue weighted by atomic mass is 16.6. The highest BCUT2D eigenvalue weighted by molar-refractivity contribution is 6.62. The molecule has 2 rings (SSSR count). The van der Waals surface area contributed by atoms with Gasteiger partial charge in [-0.25, -0.2) is 0 Å². The van der Waals surface area contributed by atoms with Crippen LogP contribution in [0.5, 0.6) is 0 Å². The molecule has 0 aliphatic carbocycles. The van der Waals surface area contributed by atoms with Gasteiger partial charge in [-0.3, -0.25) is 0 Å². The summed E-state index contributed by atoms with van der Waals surface area (Å²) in [5, 5.41) is 3.89. The third kappa shape index (κ3) is 2.08. The molecule has 0 radical (unpaired) electrons. The topological polar surface area (TPSA) is 44.5 Å². The maximum absolute atomic E-state index is 5.68. The minimum atomic E-state index is -0.315. The lowest BCUT2D eigenvalue weighted by Crippen LogP contribution is -2.48. The standard InChI is InChI=1S/C10H16BNO3/c1-7-9(8(2)15-12-7)11-13-5-10(3,4)6-14-11/h5-6H2,1-4H3. The molecule has 1 saturated heterocycles. The van der Waals surface area contributed by atoms with E-state index in [9.17, 15) is 0 Å². The minimum absolute atomic E-state index is 0.0927. The summed E-state index contributed by atoms with van der Waals surface area (Å²) in [5.74, 6) is 0.775. The van der Waals surface area contributed by atoms with Crippen LogP contribution < -0.4 is 5.46 Å². The average Bonchev–Trinajstić information content (AvgIpc) is 2.48. The largest absolute Gasteiger partial charge is 0.499 e. The Balaban J connectivity index is 2.14. The molecule has 0 bridgehead atoms. The van der Waals surface area contributed by atoms with Crippen LogP contribution in [0.1, 0.15) is 25.3 Å². The van der Waals surface area contributed by atoms with Crippen LogP contribution in [0.3, 0.4) is 0 Å². The summed E-state index contributed by atoms with van der Waals surface area (Å²) < 4.78 is 16.4. The molecule has 0 atom stereocenters. The molecule has 0 N–H and O–H groups in total. The summed E-state index contributed by atoms with van der Waals surface area (Å²) >= 11 is 0. The van der Waals surface area contributed by atoms with E-state index in [4.69, 9.17) is 13.8 Å². The number of aromatic nitrogens is 1. The predicted molar refractivity (Wildman–Crippen MR) is 57.1 cm³/mol. The highest BCUT2D eigenvalue weighted by Crippen LogP contribution is 2.22. The maximum atomic E-state index is 5.68. The molecule has 4 nitrogen and oxygen atoms in total. The zero-order valence-corrected chi connectivity index (χ0v) is 9.66. The molecule has 1 aromatic heterocycles. The van der Waals surface area contributed by atoms with Gasteiger partial charge in [0.15, 0.2) is 0 Å². The predicted octanol–water partition coefficient (Wildman–Crippen LogP) is 1.06. The van der Waals surface area contributed by atoms with Crippen molar-refractivity contribution >= 4 is 12.6 Å². The minimum Gasteiger partial charge on any atom is -0.407 e. The van der Waals surface area contributed by atoms with Crippen LogP contribution in [-0.4, -0.2) is 25.5 Å². The smallest absolute Gasteiger partial charge is 0.407 e. The SMILES string of the molecule is Cc1noc(C)c1B1OCC(C)(C)CO1. The Labute approximate surface area is 90.1 Å². The summed E-state index contributed by atoms with van der Waals surface area (Å²) in [4.78, 5) is 0. The lowest BCUT2D eigenvalue weighted by Gasteiger charge is -2.32. The van der Waals surface area contributed by atoms with E-state index >= 15 is 0 Å². The first-order chi connectivity index (χ1) is 6.99. The Bertz CT molecular complexity index is 332. The lowest BCUT2D eigenvalue weighted by atomic mass is 9.74. The Kier molecular flexibility index (Phi) is 2.60. The Morgan fingerprint density at radius 1 is 1.20 bits per heavy atom. The van der Waals surface area contributed by atoms with Gasteiger partial charge in [-0.2, -0.15) is 0 Å². The van der Waals surface area contributed by atoms with Crippen molar-refractivity contribution in [1.82, 2.24) is 5.16 Å². The van der Waals surface area contributed by atoms with Gasteiger partial charge in [0.05, 0.1) is 5.69 Å². The van der Waals surface area contributed by atoms with E-state index in [1.54, 1.807) is 0 Å². The Morgan fingerprint density at radius 2 is 1.80 bits per heavy atom. The molecular formula is C10H16BNO3. The average molecular weight is 209 g/mol. The molecule has 0 saturated carbocycles. The second kappa shape index (κ2) is 3.65. The van der Waals surface area contributed by atoms with Crippen LogP contribution in [0.15, 0.2) is 4.52 Å². The van der Waals surface area contributed by atoms with Crippen LogP contribution in [0.4, 0.5) is 0 Å². The fraction of sp³-hybridized carbons (Fsp3) is 0.700. The maximum Gasteiger partial charge on any atom is 0.499 e. The zero-order valence-electron chi connectivity index (χ0n) is 9.66. The van der Waals surface area contributed by atoms with Crippen LogP contribution in [0.2, 0.25) is 0 Å². The van der Waals surface area contributed by atoms with Gasteiger partial charge in [-0.1, -0.05) is 19.0 Å². The van der Waals surface area contributed by atoms with Crippen molar-refractivity contribution in [2.75, 3.05) is 13.2 Å². The molecule has 1 aromatic rings. The van der Waals surface area contributed by atoms with E-state index in [0.717, 1.165) is 16.9 Å². The molecule has 5 heteroatoms. The van der Waals surface area contributed by atoms with Gasteiger partial charge in [0.1, 0.15) is 5.76 Å². The van der Waals surface area contributed by atoms with Gasteiger partial charge < -0.3 is 13.8 Å². The fourth-order valence-corrected chi connectivity index (χ4v) is 1.69. The van der Waals surface area contributed by atoms with E-state index in [0.29, 0.717) is 13.2 Å². The van der Waals surface area contributed by atoms with E-state index in [1.165, 1.54) is 0 Å². The first-order valence-electron chi connectivity index (χ1n) is 5.15. The summed E-state index contributed by atoms with van der Waals surface area (Å²) in [6.45, 7) is 9.41. The molecule has 1 aliphatic heterocycles. The van der Waals surface area contributed by atoms with Gasteiger partial charge >= 0.3 is 7.12 Å². The van der Waals surface area contributed by atoms with E-state index in [-0.39, 0.29) is 12.5 Å². The number of hydrogen-bond acceptors (Lipinski definition) is 4. The van der Waals surface area contributed by atoms with Crippen molar-refractivity contribution in [3.05, 3.63) is 11.5 Å². The van der Waals surface area contributed by atoms with Crippen molar-refractivity contribution in [3.8, 4) is 0 Å². The van der Waals surface area contributed by atoms with Crippen molar-refractivity contribution in [3.63, 3.8) is 0 Å². The summed E-state index contributed by atoms with van der Waals surface area (Å²) in [6, 6.07) is 0. The second-order valence-corrected chi connectivity index (χ2v) is 4.86. The third-order valence-corrected chi connectivity index (χ3v) is 2.58. The number of nitrogens with zero attached hydrogens (tertiary/aromatic N) is 1. The van der Waals surface area contributed by atoms with Gasteiger partial charge in [0.25, 0.3) is 0 Å². The number of rotatable bonds is 1. The van der Waals surface area contributed by atoms with Crippen molar-refractivity contribution < 1.29 is 13.8 Å². The fourth-order valence-electron chi connectivity index (χ4n) is 1.69. The first-order valence-corrected chi connectivity index (χ1v) is 5.15. The molecule has 1 fully saturated rings. The Hall–Kier alpha value is -0.805. The van der Waals surface area contributed by atoms with E-state index in [1.807, 2.05) is 13.8 Å². The van der Waals surface area contributed by atoms with Crippen LogP contribution in [0, 0.1) is 19.3 Å². The van der Waals surface area contributed by atoms with E-state index < -0.39 is 0 Å². The normalized spacial score (nSPS) is 20.7. The molecule has 82 valence electrons. The van der Waals surface area contributed by atoms with E-state index in [2.05, 4.69) is 19.0 Å².